The fourth-order valence-electron chi connectivity index (χ4n) is 2.53. The van der Waals surface area contributed by atoms with Crippen LogP contribution in [-0.4, -0.2) is 21.2 Å². The molecule has 0 fully saturated rings. The van der Waals surface area contributed by atoms with Crippen molar-refractivity contribution in [2.45, 2.75) is 26.4 Å². The Labute approximate surface area is 116 Å². The molecule has 4 nitrogen and oxygen atoms in total. The van der Waals surface area contributed by atoms with E-state index in [4.69, 9.17) is 0 Å². The smallest absolute Gasteiger partial charge is 0.266 e. The average molecular weight is 275 g/mol. The number of aryl methyl sites for hydroxylation is 2. The lowest BCUT2D eigenvalue weighted by Gasteiger charge is -2.27. The lowest BCUT2D eigenvalue weighted by Crippen LogP contribution is -2.33. The van der Waals surface area contributed by atoms with Crippen molar-refractivity contribution in [1.82, 2.24) is 14.7 Å². The molecular weight excluding hydrogens is 258 g/mol. The molecule has 0 bridgehead atoms. The predicted octanol–water partition coefficient (Wildman–Crippen LogP) is 1.71. The van der Waals surface area contributed by atoms with E-state index in [1.54, 1.807) is 24.5 Å². The molecule has 1 aliphatic rings. The van der Waals surface area contributed by atoms with Crippen LogP contribution in [0.1, 0.15) is 21.7 Å². The van der Waals surface area contributed by atoms with Gasteiger partial charge < -0.3 is 0 Å². The summed E-state index contributed by atoms with van der Waals surface area (Å²) in [5.74, 6) is 0. The van der Waals surface area contributed by atoms with Crippen LogP contribution in [0.15, 0.2) is 22.3 Å². The van der Waals surface area contributed by atoms with Crippen LogP contribution in [0, 0.1) is 6.92 Å². The Balaban J connectivity index is 1.78. The fraction of sp³-hybridized carbons (Fsp3) is 0.429. The number of hydrogen-bond donors (Lipinski definition) is 0. The number of hydrogen-bond acceptors (Lipinski definition) is 4. The summed E-state index contributed by atoms with van der Waals surface area (Å²) in [6.07, 6.45) is 0.923. The van der Waals surface area contributed by atoms with Crippen molar-refractivity contribution in [1.29, 1.82) is 0 Å². The van der Waals surface area contributed by atoms with Crippen molar-refractivity contribution in [3.8, 4) is 0 Å². The van der Waals surface area contributed by atoms with E-state index in [1.807, 2.05) is 0 Å². The van der Waals surface area contributed by atoms with Crippen molar-refractivity contribution in [2.75, 3.05) is 6.54 Å². The molecule has 2 aromatic heterocycles. The first kappa shape index (κ1) is 12.6. The van der Waals surface area contributed by atoms with Gasteiger partial charge in [-0.05, 0) is 29.5 Å². The maximum Gasteiger partial charge on any atom is 0.266 e. The van der Waals surface area contributed by atoms with Crippen LogP contribution in [0.4, 0.5) is 0 Å². The zero-order valence-corrected chi connectivity index (χ0v) is 12.0. The fourth-order valence-corrected chi connectivity index (χ4v) is 3.22. The molecule has 2 aromatic rings. The van der Waals surface area contributed by atoms with Gasteiger partial charge in [0.05, 0.1) is 5.69 Å². The Bertz CT molecular complexity index is 659. The van der Waals surface area contributed by atoms with Gasteiger partial charge in [0.25, 0.3) is 5.56 Å². The SMILES string of the molecule is Cc1cc(CN2CCc3nn(C)c(=O)cc3C2)cs1. The Morgan fingerprint density at radius 2 is 2.26 bits per heavy atom. The molecule has 1 aliphatic heterocycles. The van der Waals surface area contributed by atoms with Gasteiger partial charge in [0.1, 0.15) is 0 Å². The topological polar surface area (TPSA) is 38.1 Å². The van der Waals surface area contributed by atoms with Crippen molar-refractivity contribution < 1.29 is 0 Å². The predicted molar refractivity (Wildman–Crippen MR) is 76.4 cm³/mol. The number of fused-ring (bicyclic) bond motifs is 1. The summed E-state index contributed by atoms with van der Waals surface area (Å²) in [6, 6.07) is 3.97. The van der Waals surface area contributed by atoms with Gasteiger partial charge in [-0.3, -0.25) is 9.69 Å². The maximum atomic E-state index is 11.6. The van der Waals surface area contributed by atoms with Crippen LogP contribution in [-0.2, 0) is 26.6 Å². The molecule has 19 heavy (non-hydrogen) atoms. The second kappa shape index (κ2) is 4.90. The zero-order valence-electron chi connectivity index (χ0n) is 11.2. The molecule has 0 aliphatic carbocycles. The second-order valence-corrected chi connectivity index (χ2v) is 6.22. The van der Waals surface area contributed by atoms with Gasteiger partial charge in [-0.1, -0.05) is 0 Å². The molecule has 100 valence electrons. The van der Waals surface area contributed by atoms with Crippen LogP contribution in [0.5, 0.6) is 0 Å². The van der Waals surface area contributed by atoms with E-state index >= 15 is 0 Å². The van der Waals surface area contributed by atoms with Crippen LogP contribution >= 0.6 is 11.3 Å². The lowest BCUT2D eigenvalue weighted by molar-refractivity contribution is 0.241. The van der Waals surface area contributed by atoms with Crippen LogP contribution in [0.25, 0.3) is 0 Å². The summed E-state index contributed by atoms with van der Waals surface area (Å²) in [7, 11) is 1.71. The Hall–Kier alpha value is -1.46. The first-order valence-corrected chi connectivity index (χ1v) is 7.32. The van der Waals surface area contributed by atoms with Crippen LogP contribution < -0.4 is 5.56 Å². The van der Waals surface area contributed by atoms with Gasteiger partial charge in [0, 0.05) is 44.0 Å². The van der Waals surface area contributed by atoms with E-state index in [0.29, 0.717) is 0 Å². The van der Waals surface area contributed by atoms with E-state index in [1.165, 1.54) is 15.1 Å². The molecule has 3 heterocycles. The van der Waals surface area contributed by atoms with Gasteiger partial charge in [0.2, 0.25) is 0 Å². The molecule has 0 unspecified atom stereocenters. The minimum absolute atomic E-state index is 0.0213. The molecule has 0 amide bonds. The highest BCUT2D eigenvalue weighted by Gasteiger charge is 2.18. The number of aromatic nitrogens is 2. The molecule has 0 aromatic carbocycles. The Morgan fingerprint density at radius 1 is 1.42 bits per heavy atom. The minimum Gasteiger partial charge on any atom is -0.294 e. The second-order valence-electron chi connectivity index (χ2n) is 5.10. The van der Waals surface area contributed by atoms with Gasteiger partial charge in [0.15, 0.2) is 0 Å². The quantitative estimate of drug-likeness (QED) is 0.837. The third kappa shape index (κ3) is 2.62. The highest BCUT2D eigenvalue weighted by Crippen LogP contribution is 2.20. The number of rotatable bonds is 2. The largest absolute Gasteiger partial charge is 0.294 e. The molecule has 0 spiro atoms. The van der Waals surface area contributed by atoms with Gasteiger partial charge >= 0.3 is 0 Å². The summed E-state index contributed by atoms with van der Waals surface area (Å²) < 4.78 is 1.43. The molecule has 0 atom stereocenters. The molecule has 0 N–H and O–H groups in total. The van der Waals surface area contributed by atoms with Gasteiger partial charge in [-0.2, -0.15) is 5.10 Å². The highest BCUT2D eigenvalue weighted by molar-refractivity contribution is 7.10. The maximum absolute atomic E-state index is 11.6. The van der Waals surface area contributed by atoms with Crippen molar-refractivity contribution in [3.05, 3.63) is 49.6 Å². The third-order valence-electron chi connectivity index (χ3n) is 3.51. The zero-order chi connectivity index (χ0) is 13.4. The van der Waals surface area contributed by atoms with E-state index in [-0.39, 0.29) is 5.56 Å². The molecule has 0 radical (unpaired) electrons. The number of thiophene rings is 1. The summed E-state index contributed by atoms with van der Waals surface area (Å²) in [6.45, 7) is 4.92. The normalized spacial score (nSPS) is 15.5. The molecule has 3 rings (SSSR count). The average Bonchev–Trinajstić information content (AvgIpc) is 2.77. The highest BCUT2D eigenvalue weighted by atomic mass is 32.1. The minimum atomic E-state index is -0.0213. The van der Waals surface area contributed by atoms with Crippen molar-refractivity contribution in [3.63, 3.8) is 0 Å². The lowest BCUT2D eigenvalue weighted by atomic mass is 10.1. The molecule has 0 saturated heterocycles. The van der Waals surface area contributed by atoms with E-state index < -0.39 is 0 Å². The summed E-state index contributed by atoms with van der Waals surface area (Å²) >= 11 is 1.79. The monoisotopic (exact) mass is 275 g/mol. The molecular formula is C14H17N3OS. The first-order valence-electron chi connectivity index (χ1n) is 6.44. The standard InChI is InChI=1S/C14H17N3OS/c1-10-5-11(9-19-10)7-17-4-3-13-12(8-17)6-14(18)16(2)15-13/h5-6,9H,3-4,7-8H2,1-2H3. The van der Waals surface area contributed by atoms with Crippen molar-refractivity contribution >= 4 is 11.3 Å². The van der Waals surface area contributed by atoms with E-state index in [0.717, 1.165) is 37.3 Å². The Morgan fingerprint density at radius 3 is 3.00 bits per heavy atom. The summed E-state index contributed by atoms with van der Waals surface area (Å²) in [5.41, 5.74) is 3.50. The van der Waals surface area contributed by atoms with Crippen molar-refractivity contribution in [2.24, 2.45) is 7.05 Å². The Kier molecular flexibility index (Phi) is 3.24. The van der Waals surface area contributed by atoms with E-state index in [9.17, 15) is 4.79 Å². The first-order chi connectivity index (χ1) is 9.11. The van der Waals surface area contributed by atoms with Gasteiger partial charge in [-0.25, -0.2) is 4.68 Å². The van der Waals surface area contributed by atoms with E-state index in [2.05, 4.69) is 28.4 Å². The number of nitrogens with zero attached hydrogens (tertiary/aromatic N) is 3. The summed E-state index contributed by atoms with van der Waals surface area (Å²) in [4.78, 5) is 15.4. The molecule has 5 heteroatoms. The van der Waals surface area contributed by atoms with Gasteiger partial charge in [-0.15, -0.1) is 11.3 Å². The molecule has 0 saturated carbocycles. The van der Waals surface area contributed by atoms with Crippen LogP contribution in [0.2, 0.25) is 0 Å². The third-order valence-corrected chi connectivity index (χ3v) is 4.42. The van der Waals surface area contributed by atoms with Crippen LogP contribution in [0.3, 0.4) is 0 Å². The summed E-state index contributed by atoms with van der Waals surface area (Å²) in [5, 5.41) is 6.55.